The molecule has 0 aliphatic rings. The minimum Gasteiger partial charge on any atom is -0.482 e. The number of halogens is 3. The van der Waals surface area contributed by atoms with Crippen LogP contribution in [0.4, 0.5) is 13.2 Å². The zero-order valence-electron chi connectivity index (χ0n) is 7.84. The SMILES string of the molecule is Cc1cc(OCC(F)(F)F)cnc1C=O. The number of alkyl halides is 3. The Hall–Kier alpha value is -1.59. The fourth-order valence-electron chi connectivity index (χ4n) is 0.927. The van der Waals surface area contributed by atoms with Crippen LogP contribution >= 0.6 is 0 Å². The molecular formula is C9H8F3NO2. The summed E-state index contributed by atoms with van der Waals surface area (Å²) in [5.74, 6) is -0.00424. The Kier molecular flexibility index (Phi) is 3.28. The van der Waals surface area contributed by atoms with Crippen molar-refractivity contribution in [2.75, 3.05) is 6.61 Å². The van der Waals surface area contributed by atoms with Gasteiger partial charge in [-0.1, -0.05) is 0 Å². The largest absolute Gasteiger partial charge is 0.482 e. The average molecular weight is 219 g/mol. The number of rotatable bonds is 3. The summed E-state index contributed by atoms with van der Waals surface area (Å²) >= 11 is 0. The molecule has 0 aliphatic heterocycles. The van der Waals surface area contributed by atoms with E-state index < -0.39 is 12.8 Å². The van der Waals surface area contributed by atoms with Crippen molar-refractivity contribution in [1.82, 2.24) is 4.98 Å². The molecule has 0 fully saturated rings. The molecule has 1 aromatic heterocycles. The third kappa shape index (κ3) is 3.57. The van der Waals surface area contributed by atoms with Crippen LogP contribution in [0.25, 0.3) is 0 Å². The van der Waals surface area contributed by atoms with Crippen molar-refractivity contribution in [3.8, 4) is 5.75 Å². The molecule has 1 aromatic rings. The maximum absolute atomic E-state index is 11.8. The molecule has 0 N–H and O–H groups in total. The molecule has 0 unspecified atom stereocenters. The number of hydrogen-bond acceptors (Lipinski definition) is 3. The highest BCUT2D eigenvalue weighted by Crippen LogP contribution is 2.19. The number of pyridine rings is 1. The van der Waals surface area contributed by atoms with E-state index in [9.17, 15) is 18.0 Å². The highest BCUT2D eigenvalue weighted by molar-refractivity contribution is 5.74. The Balaban J connectivity index is 2.72. The van der Waals surface area contributed by atoms with Crippen molar-refractivity contribution in [3.05, 3.63) is 23.5 Å². The molecule has 6 heteroatoms. The van der Waals surface area contributed by atoms with Gasteiger partial charge in [-0.15, -0.1) is 0 Å². The van der Waals surface area contributed by atoms with Crippen molar-refractivity contribution in [2.45, 2.75) is 13.1 Å². The summed E-state index contributed by atoms with van der Waals surface area (Å²) in [4.78, 5) is 14.0. The van der Waals surface area contributed by atoms with Crippen LogP contribution in [0.5, 0.6) is 5.75 Å². The van der Waals surface area contributed by atoms with E-state index in [2.05, 4.69) is 9.72 Å². The number of aldehydes is 1. The molecule has 1 rings (SSSR count). The van der Waals surface area contributed by atoms with Crippen molar-refractivity contribution in [2.24, 2.45) is 0 Å². The zero-order chi connectivity index (χ0) is 11.5. The summed E-state index contributed by atoms with van der Waals surface area (Å²) in [5.41, 5.74) is 0.666. The molecule has 0 amide bonds. The molecule has 0 saturated carbocycles. The second-order valence-electron chi connectivity index (χ2n) is 2.89. The van der Waals surface area contributed by atoms with Gasteiger partial charge in [0.15, 0.2) is 12.9 Å². The minimum atomic E-state index is -4.38. The van der Waals surface area contributed by atoms with E-state index in [0.717, 1.165) is 6.20 Å². The van der Waals surface area contributed by atoms with E-state index >= 15 is 0 Å². The predicted octanol–water partition coefficient (Wildman–Crippen LogP) is 2.14. The maximum Gasteiger partial charge on any atom is 0.422 e. The summed E-state index contributed by atoms with van der Waals surface area (Å²) in [6, 6.07) is 1.34. The quantitative estimate of drug-likeness (QED) is 0.731. The smallest absolute Gasteiger partial charge is 0.422 e. The van der Waals surface area contributed by atoms with Gasteiger partial charge in [-0.2, -0.15) is 13.2 Å². The van der Waals surface area contributed by atoms with E-state index in [-0.39, 0.29) is 11.4 Å². The summed E-state index contributed by atoms with van der Waals surface area (Å²) < 4.78 is 39.8. The molecule has 1 heterocycles. The lowest BCUT2D eigenvalue weighted by molar-refractivity contribution is -0.153. The number of nitrogens with zero attached hydrogens (tertiary/aromatic N) is 1. The van der Waals surface area contributed by atoms with Crippen molar-refractivity contribution in [1.29, 1.82) is 0 Å². The van der Waals surface area contributed by atoms with Crippen LogP contribution in [-0.4, -0.2) is 24.1 Å². The molecule has 3 nitrogen and oxygen atoms in total. The lowest BCUT2D eigenvalue weighted by Crippen LogP contribution is -2.19. The van der Waals surface area contributed by atoms with Crippen LogP contribution in [0.3, 0.4) is 0 Å². The fraction of sp³-hybridized carbons (Fsp3) is 0.333. The first kappa shape index (κ1) is 11.5. The van der Waals surface area contributed by atoms with Gasteiger partial charge in [-0.25, -0.2) is 4.98 Å². The molecule has 0 aliphatic carbocycles. The number of ether oxygens (including phenoxy) is 1. The van der Waals surface area contributed by atoms with Crippen molar-refractivity contribution in [3.63, 3.8) is 0 Å². The Labute approximate surface area is 83.9 Å². The molecule has 82 valence electrons. The van der Waals surface area contributed by atoms with Gasteiger partial charge in [-0.05, 0) is 18.6 Å². The Morgan fingerprint density at radius 2 is 2.20 bits per heavy atom. The lowest BCUT2D eigenvalue weighted by Gasteiger charge is -2.09. The van der Waals surface area contributed by atoms with E-state index in [1.807, 2.05) is 0 Å². The topological polar surface area (TPSA) is 39.2 Å². The van der Waals surface area contributed by atoms with Gasteiger partial charge in [0.05, 0.1) is 6.20 Å². The standard InChI is InChI=1S/C9H8F3NO2/c1-6-2-7(3-13-8(6)4-14)15-5-9(10,11)12/h2-4H,5H2,1H3. The van der Waals surface area contributed by atoms with Gasteiger partial charge in [-0.3, -0.25) is 4.79 Å². The second kappa shape index (κ2) is 4.29. The van der Waals surface area contributed by atoms with Gasteiger partial charge in [0, 0.05) is 0 Å². The number of aryl methyl sites for hydroxylation is 1. The van der Waals surface area contributed by atoms with E-state index in [1.54, 1.807) is 6.92 Å². The van der Waals surface area contributed by atoms with E-state index in [0.29, 0.717) is 11.8 Å². The van der Waals surface area contributed by atoms with E-state index in [1.165, 1.54) is 6.07 Å². The van der Waals surface area contributed by atoms with Crippen LogP contribution in [0, 0.1) is 6.92 Å². The van der Waals surface area contributed by atoms with Crippen molar-refractivity contribution >= 4 is 6.29 Å². The monoisotopic (exact) mass is 219 g/mol. The van der Waals surface area contributed by atoms with Gasteiger partial charge in [0.25, 0.3) is 0 Å². The highest BCUT2D eigenvalue weighted by atomic mass is 19.4. The van der Waals surface area contributed by atoms with Gasteiger partial charge < -0.3 is 4.74 Å². The van der Waals surface area contributed by atoms with Crippen LogP contribution in [0.15, 0.2) is 12.3 Å². The molecule has 0 atom stereocenters. The third-order valence-corrected chi connectivity index (χ3v) is 1.61. The molecule has 0 aromatic carbocycles. The fourth-order valence-corrected chi connectivity index (χ4v) is 0.927. The average Bonchev–Trinajstić information content (AvgIpc) is 2.14. The van der Waals surface area contributed by atoms with Crippen LogP contribution < -0.4 is 4.74 Å². The maximum atomic E-state index is 11.8. The van der Waals surface area contributed by atoms with Gasteiger partial charge in [0.1, 0.15) is 11.4 Å². The Bertz CT molecular complexity index is 363. The first-order valence-corrected chi connectivity index (χ1v) is 4.04. The zero-order valence-corrected chi connectivity index (χ0v) is 7.84. The Morgan fingerprint density at radius 1 is 1.53 bits per heavy atom. The highest BCUT2D eigenvalue weighted by Gasteiger charge is 2.28. The van der Waals surface area contributed by atoms with Crippen molar-refractivity contribution < 1.29 is 22.7 Å². The number of aromatic nitrogens is 1. The summed E-state index contributed by atoms with van der Waals surface area (Å²) in [7, 11) is 0. The molecular weight excluding hydrogens is 211 g/mol. The number of hydrogen-bond donors (Lipinski definition) is 0. The van der Waals surface area contributed by atoms with Crippen LogP contribution in [-0.2, 0) is 0 Å². The summed E-state index contributed by atoms with van der Waals surface area (Å²) in [6.45, 7) is 0.200. The molecule has 0 bridgehead atoms. The predicted molar refractivity (Wildman–Crippen MR) is 45.9 cm³/mol. The van der Waals surface area contributed by atoms with Gasteiger partial charge in [0.2, 0.25) is 0 Å². The Morgan fingerprint density at radius 3 is 2.67 bits per heavy atom. The summed E-state index contributed by atoms with van der Waals surface area (Å²) in [5, 5.41) is 0. The number of carbonyl (C=O) groups excluding carboxylic acids is 1. The first-order chi connectivity index (χ1) is 6.92. The molecule has 0 saturated heterocycles. The molecule has 15 heavy (non-hydrogen) atoms. The van der Waals surface area contributed by atoms with Crippen LogP contribution in [0.2, 0.25) is 0 Å². The normalized spacial score (nSPS) is 11.2. The molecule has 0 spiro atoms. The molecule has 0 radical (unpaired) electrons. The minimum absolute atomic E-state index is 0.00424. The number of carbonyl (C=O) groups is 1. The van der Waals surface area contributed by atoms with Crippen LogP contribution in [0.1, 0.15) is 16.1 Å². The second-order valence-corrected chi connectivity index (χ2v) is 2.89. The lowest BCUT2D eigenvalue weighted by atomic mass is 10.2. The third-order valence-electron chi connectivity index (χ3n) is 1.61. The summed E-state index contributed by atoms with van der Waals surface area (Å²) in [6.07, 6.45) is -2.76. The van der Waals surface area contributed by atoms with Gasteiger partial charge >= 0.3 is 6.18 Å². The first-order valence-electron chi connectivity index (χ1n) is 4.04. The van der Waals surface area contributed by atoms with E-state index in [4.69, 9.17) is 0 Å².